The van der Waals surface area contributed by atoms with E-state index in [2.05, 4.69) is 11.4 Å². The van der Waals surface area contributed by atoms with E-state index >= 15 is 0 Å². The Balaban J connectivity index is 2.09. The fourth-order valence-electron chi connectivity index (χ4n) is 1.84. The molecule has 0 aliphatic heterocycles. The SMILES string of the molecule is CC(NC(=O)c1cccc(Cl)c1)c1ccc(C#N)cc1. The van der Waals surface area contributed by atoms with Crippen LogP contribution in [0.25, 0.3) is 0 Å². The van der Waals surface area contributed by atoms with Crippen LogP contribution in [0.3, 0.4) is 0 Å². The average Bonchev–Trinajstić information content (AvgIpc) is 2.47. The molecule has 0 saturated heterocycles. The van der Waals surface area contributed by atoms with Gasteiger partial charge in [0.25, 0.3) is 5.91 Å². The number of benzene rings is 2. The molecule has 0 radical (unpaired) electrons. The first-order valence-corrected chi connectivity index (χ1v) is 6.54. The first-order chi connectivity index (χ1) is 9.60. The van der Waals surface area contributed by atoms with Crippen LogP contribution in [0.15, 0.2) is 48.5 Å². The molecule has 20 heavy (non-hydrogen) atoms. The van der Waals surface area contributed by atoms with E-state index in [1.165, 1.54) is 0 Å². The van der Waals surface area contributed by atoms with Gasteiger partial charge in [0.1, 0.15) is 0 Å². The Bertz CT molecular complexity index is 659. The summed E-state index contributed by atoms with van der Waals surface area (Å²) in [6.07, 6.45) is 0. The Labute approximate surface area is 122 Å². The van der Waals surface area contributed by atoms with Crippen LogP contribution in [-0.2, 0) is 0 Å². The van der Waals surface area contributed by atoms with Crippen LogP contribution in [0, 0.1) is 11.3 Å². The Hall–Kier alpha value is -2.31. The molecule has 1 N–H and O–H groups in total. The van der Waals surface area contributed by atoms with Gasteiger partial charge in [-0.15, -0.1) is 0 Å². The normalized spacial score (nSPS) is 11.4. The van der Waals surface area contributed by atoms with Crippen molar-refractivity contribution in [3.05, 3.63) is 70.2 Å². The highest BCUT2D eigenvalue weighted by Crippen LogP contribution is 2.15. The van der Waals surface area contributed by atoms with Gasteiger partial charge in [0, 0.05) is 10.6 Å². The molecule has 0 fully saturated rings. The van der Waals surface area contributed by atoms with Crippen LogP contribution in [0.5, 0.6) is 0 Å². The van der Waals surface area contributed by atoms with Crippen molar-refractivity contribution in [3.8, 4) is 6.07 Å². The number of amides is 1. The molecule has 100 valence electrons. The quantitative estimate of drug-likeness (QED) is 0.934. The summed E-state index contributed by atoms with van der Waals surface area (Å²) >= 11 is 5.87. The van der Waals surface area contributed by atoms with Crippen molar-refractivity contribution in [2.24, 2.45) is 0 Å². The van der Waals surface area contributed by atoms with Gasteiger partial charge in [-0.2, -0.15) is 5.26 Å². The summed E-state index contributed by atoms with van der Waals surface area (Å²) in [5.74, 6) is -0.177. The van der Waals surface area contributed by atoms with Crippen molar-refractivity contribution in [2.75, 3.05) is 0 Å². The zero-order valence-corrected chi connectivity index (χ0v) is 11.7. The molecule has 0 spiro atoms. The smallest absolute Gasteiger partial charge is 0.251 e. The van der Waals surface area contributed by atoms with E-state index in [1.807, 2.05) is 19.1 Å². The highest BCUT2D eigenvalue weighted by molar-refractivity contribution is 6.30. The number of nitrogens with zero attached hydrogens (tertiary/aromatic N) is 1. The standard InChI is InChI=1S/C16H13ClN2O/c1-11(13-7-5-12(10-18)6-8-13)19-16(20)14-3-2-4-15(17)9-14/h2-9,11H,1H3,(H,19,20). The van der Waals surface area contributed by atoms with Crippen LogP contribution >= 0.6 is 11.6 Å². The monoisotopic (exact) mass is 284 g/mol. The van der Waals surface area contributed by atoms with Gasteiger partial charge in [-0.1, -0.05) is 29.8 Å². The summed E-state index contributed by atoms with van der Waals surface area (Å²) in [7, 11) is 0. The molecule has 1 amide bonds. The summed E-state index contributed by atoms with van der Waals surface area (Å²) < 4.78 is 0. The van der Waals surface area contributed by atoms with Crippen molar-refractivity contribution < 1.29 is 4.79 Å². The highest BCUT2D eigenvalue weighted by atomic mass is 35.5. The molecule has 3 nitrogen and oxygen atoms in total. The maximum Gasteiger partial charge on any atom is 0.251 e. The van der Waals surface area contributed by atoms with Gasteiger partial charge in [-0.25, -0.2) is 0 Å². The maximum absolute atomic E-state index is 12.1. The average molecular weight is 285 g/mol. The van der Waals surface area contributed by atoms with Crippen LogP contribution in [0.1, 0.15) is 34.5 Å². The Kier molecular flexibility index (Phi) is 4.39. The Morgan fingerprint density at radius 3 is 2.55 bits per heavy atom. The summed E-state index contributed by atoms with van der Waals surface area (Å²) in [4.78, 5) is 12.1. The largest absolute Gasteiger partial charge is 0.346 e. The lowest BCUT2D eigenvalue weighted by atomic mass is 10.1. The molecule has 0 saturated carbocycles. The minimum atomic E-state index is -0.177. The number of halogens is 1. The topological polar surface area (TPSA) is 52.9 Å². The van der Waals surface area contributed by atoms with E-state index in [0.29, 0.717) is 16.1 Å². The first-order valence-electron chi connectivity index (χ1n) is 6.16. The summed E-state index contributed by atoms with van der Waals surface area (Å²) in [6, 6.07) is 15.9. The van der Waals surface area contributed by atoms with Gasteiger partial charge in [-0.3, -0.25) is 4.79 Å². The number of hydrogen-bond acceptors (Lipinski definition) is 2. The predicted octanol–water partition coefficient (Wildman–Crippen LogP) is 3.70. The lowest BCUT2D eigenvalue weighted by Crippen LogP contribution is -2.26. The van der Waals surface area contributed by atoms with Crippen molar-refractivity contribution in [3.63, 3.8) is 0 Å². The van der Waals surface area contributed by atoms with Crippen molar-refractivity contribution in [2.45, 2.75) is 13.0 Å². The molecule has 2 aromatic carbocycles. The van der Waals surface area contributed by atoms with Gasteiger partial charge in [0.2, 0.25) is 0 Å². The number of carbonyl (C=O) groups excluding carboxylic acids is 1. The Morgan fingerprint density at radius 2 is 1.95 bits per heavy atom. The molecular weight excluding hydrogens is 272 g/mol. The molecule has 1 atom stereocenters. The number of carbonyl (C=O) groups is 1. The second-order valence-electron chi connectivity index (χ2n) is 4.44. The third-order valence-electron chi connectivity index (χ3n) is 2.97. The molecule has 0 aliphatic carbocycles. The van der Waals surface area contributed by atoms with Crippen LogP contribution in [0.4, 0.5) is 0 Å². The molecule has 1 unspecified atom stereocenters. The number of rotatable bonds is 3. The van der Waals surface area contributed by atoms with E-state index in [-0.39, 0.29) is 11.9 Å². The van der Waals surface area contributed by atoms with Crippen molar-refractivity contribution >= 4 is 17.5 Å². The maximum atomic E-state index is 12.1. The van der Waals surface area contributed by atoms with Gasteiger partial charge in [0.15, 0.2) is 0 Å². The zero-order chi connectivity index (χ0) is 14.5. The van der Waals surface area contributed by atoms with Crippen LogP contribution < -0.4 is 5.32 Å². The van der Waals surface area contributed by atoms with Crippen molar-refractivity contribution in [1.29, 1.82) is 5.26 Å². The molecule has 4 heteroatoms. The molecule has 0 bridgehead atoms. The highest BCUT2D eigenvalue weighted by Gasteiger charge is 2.11. The minimum absolute atomic E-state index is 0.144. The summed E-state index contributed by atoms with van der Waals surface area (Å²) in [6.45, 7) is 1.89. The lowest BCUT2D eigenvalue weighted by Gasteiger charge is -2.14. The van der Waals surface area contributed by atoms with Gasteiger partial charge in [0.05, 0.1) is 17.7 Å². The third-order valence-corrected chi connectivity index (χ3v) is 3.21. The van der Waals surface area contributed by atoms with E-state index in [1.54, 1.807) is 36.4 Å². The van der Waals surface area contributed by atoms with E-state index in [4.69, 9.17) is 16.9 Å². The van der Waals surface area contributed by atoms with Crippen molar-refractivity contribution in [1.82, 2.24) is 5.32 Å². The predicted molar refractivity (Wildman–Crippen MR) is 78.5 cm³/mol. The lowest BCUT2D eigenvalue weighted by molar-refractivity contribution is 0.0940. The first kappa shape index (κ1) is 14.1. The molecule has 0 aliphatic rings. The molecular formula is C16H13ClN2O. The molecule has 0 heterocycles. The summed E-state index contributed by atoms with van der Waals surface area (Å²) in [5, 5.41) is 12.2. The Morgan fingerprint density at radius 1 is 1.25 bits per heavy atom. The third kappa shape index (κ3) is 3.37. The van der Waals surface area contributed by atoms with E-state index in [9.17, 15) is 4.79 Å². The summed E-state index contributed by atoms with van der Waals surface area (Å²) in [5.41, 5.74) is 2.07. The van der Waals surface area contributed by atoms with E-state index in [0.717, 1.165) is 5.56 Å². The van der Waals surface area contributed by atoms with Crippen LogP contribution in [-0.4, -0.2) is 5.91 Å². The zero-order valence-electron chi connectivity index (χ0n) is 10.9. The van der Waals surface area contributed by atoms with E-state index < -0.39 is 0 Å². The molecule has 0 aromatic heterocycles. The number of hydrogen-bond donors (Lipinski definition) is 1. The fourth-order valence-corrected chi connectivity index (χ4v) is 2.03. The fraction of sp³-hybridized carbons (Fsp3) is 0.125. The number of nitrogens with one attached hydrogen (secondary N) is 1. The van der Waals surface area contributed by atoms with Gasteiger partial charge >= 0.3 is 0 Å². The van der Waals surface area contributed by atoms with Gasteiger partial charge in [-0.05, 0) is 42.8 Å². The van der Waals surface area contributed by atoms with Gasteiger partial charge < -0.3 is 5.32 Å². The van der Waals surface area contributed by atoms with Crippen LogP contribution in [0.2, 0.25) is 5.02 Å². The molecule has 2 rings (SSSR count). The molecule has 2 aromatic rings. The second-order valence-corrected chi connectivity index (χ2v) is 4.88. The second kappa shape index (κ2) is 6.23. The number of nitriles is 1. The minimum Gasteiger partial charge on any atom is -0.346 e.